The van der Waals surface area contributed by atoms with Crippen LogP contribution in [0.2, 0.25) is 0 Å². The van der Waals surface area contributed by atoms with Gasteiger partial charge in [-0.2, -0.15) is 13.2 Å². The standard InChI is InChI=1S/C36H35F5N2O7/c1-4-49-18-20-13-29(47-2)32(30(14-20)48-3)25-10-6-8-23-21(7-5-9-24(23)25)15-28(35(45)46)42-34(44)33-26(37)16-22(17-27(33)38)43-11-12-50-19-31(43)36(39,40)41/h5-10,13-14,16-17,28,31H,4,11-12,15,18-19H2,1-3H3,(H,42,44)(H,45,46)/t28-,31+/m0/s1. The summed E-state index contributed by atoms with van der Waals surface area (Å²) in [6.45, 7) is 1.63. The minimum Gasteiger partial charge on any atom is -0.496 e. The van der Waals surface area contributed by atoms with Gasteiger partial charge in [-0.15, -0.1) is 0 Å². The minimum absolute atomic E-state index is 0.101. The van der Waals surface area contributed by atoms with Crippen molar-refractivity contribution in [2.75, 3.05) is 45.5 Å². The number of anilines is 1. The third-order valence-electron chi connectivity index (χ3n) is 8.44. The SMILES string of the molecule is CCOCc1cc(OC)c(-c2cccc3c(C[C@H](NC(=O)c4c(F)cc(N5CCOC[C@@H]5C(F)(F)F)cc4F)C(=O)O)cccc23)c(OC)c1. The molecule has 1 fully saturated rings. The first-order valence-electron chi connectivity index (χ1n) is 15.6. The van der Waals surface area contributed by atoms with Crippen molar-refractivity contribution in [3.63, 3.8) is 0 Å². The third kappa shape index (κ3) is 7.60. The lowest BCUT2D eigenvalue weighted by atomic mass is 9.92. The number of hydrogen-bond donors (Lipinski definition) is 2. The van der Waals surface area contributed by atoms with Crippen molar-refractivity contribution in [1.29, 1.82) is 0 Å². The number of carboxylic acids is 1. The number of carbonyl (C=O) groups is 2. The number of nitrogens with zero attached hydrogens (tertiary/aromatic N) is 1. The fourth-order valence-electron chi connectivity index (χ4n) is 6.08. The first-order valence-corrected chi connectivity index (χ1v) is 15.6. The fraction of sp³-hybridized carbons (Fsp3) is 0.333. The van der Waals surface area contributed by atoms with Crippen molar-refractivity contribution in [3.05, 3.63) is 89.0 Å². The number of carbonyl (C=O) groups excluding carboxylic acids is 1. The smallest absolute Gasteiger partial charge is 0.411 e. The maximum absolute atomic E-state index is 15.2. The van der Waals surface area contributed by atoms with Gasteiger partial charge in [-0.25, -0.2) is 13.6 Å². The van der Waals surface area contributed by atoms with E-state index in [0.717, 1.165) is 10.5 Å². The molecule has 0 aliphatic carbocycles. The predicted molar refractivity (Wildman–Crippen MR) is 175 cm³/mol. The summed E-state index contributed by atoms with van der Waals surface area (Å²) in [5, 5.41) is 13.6. The highest BCUT2D eigenvalue weighted by molar-refractivity contribution is 6.02. The zero-order valence-corrected chi connectivity index (χ0v) is 27.4. The summed E-state index contributed by atoms with van der Waals surface area (Å²) in [7, 11) is 3.06. The van der Waals surface area contributed by atoms with E-state index in [1.807, 2.05) is 31.2 Å². The Labute approximate surface area is 284 Å². The van der Waals surface area contributed by atoms with E-state index in [2.05, 4.69) is 5.32 Å². The molecule has 0 spiro atoms. The number of halogens is 5. The van der Waals surface area contributed by atoms with Gasteiger partial charge in [0.2, 0.25) is 0 Å². The minimum atomic E-state index is -4.74. The van der Waals surface area contributed by atoms with Gasteiger partial charge >= 0.3 is 12.1 Å². The molecule has 1 amide bonds. The summed E-state index contributed by atoms with van der Waals surface area (Å²) in [5.74, 6) is -4.71. The summed E-state index contributed by atoms with van der Waals surface area (Å²) in [5.41, 5.74) is 1.15. The second-order valence-corrected chi connectivity index (χ2v) is 11.5. The van der Waals surface area contributed by atoms with Crippen LogP contribution in [0.1, 0.15) is 28.4 Å². The van der Waals surface area contributed by atoms with Crippen LogP contribution < -0.4 is 19.7 Å². The number of amides is 1. The molecule has 14 heteroatoms. The number of fused-ring (bicyclic) bond motifs is 1. The highest BCUT2D eigenvalue weighted by Gasteiger charge is 2.46. The van der Waals surface area contributed by atoms with Gasteiger partial charge in [0.15, 0.2) is 0 Å². The molecule has 1 heterocycles. The lowest BCUT2D eigenvalue weighted by Crippen LogP contribution is -2.53. The highest BCUT2D eigenvalue weighted by atomic mass is 19.4. The molecule has 4 aromatic rings. The van der Waals surface area contributed by atoms with E-state index >= 15 is 8.78 Å². The number of ether oxygens (including phenoxy) is 4. The van der Waals surface area contributed by atoms with Crippen molar-refractivity contribution in [1.82, 2.24) is 5.32 Å². The molecule has 5 rings (SSSR count). The van der Waals surface area contributed by atoms with Crippen LogP contribution in [0.4, 0.5) is 27.6 Å². The normalized spacial score (nSPS) is 15.5. The van der Waals surface area contributed by atoms with Crippen LogP contribution >= 0.6 is 0 Å². The van der Waals surface area contributed by atoms with E-state index in [9.17, 15) is 27.9 Å². The van der Waals surface area contributed by atoms with Crippen LogP contribution in [0.3, 0.4) is 0 Å². The summed E-state index contributed by atoms with van der Waals surface area (Å²) in [6.07, 6.45) is -5.02. The maximum Gasteiger partial charge on any atom is 0.411 e. The van der Waals surface area contributed by atoms with Crippen LogP contribution in [-0.4, -0.2) is 75.8 Å². The Morgan fingerprint density at radius 2 is 1.64 bits per heavy atom. The summed E-state index contributed by atoms with van der Waals surface area (Å²) in [6, 6.07) is 11.8. The lowest BCUT2D eigenvalue weighted by Gasteiger charge is -2.38. The zero-order valence-electron chi connectivity index (χ0n) is 27.4. The first-order chi connectivity index (χ1) is 23.9. The molecule has 1 aliphatic heterocycles. The van der Waals surface area contributed by atoms with E-state index in [0.29, 0.717) is 64.3 Å². The van der Waals surface area contributed by atoms with Gasteiger partial charge in [-0.3, -0.25) is 4.79 Å². The molecule has 4 aromatic carbocycles. The second-order valence-electron chi connectivity index (χ2n) is 11.5. The summed E-state index contributed by atoms with van der Waals surface area (Å²) < 4.78 is 93.1. The predicted octanol–water partition coefficient (Wildman–Crippen LogP) is 6.53. The average molecular weight is 703 g/mol. The van der Waals surface area contributed by atoms with Crippen LogP contribution in [0.5, 0.6) is 11.5 Å². The number of benzene rings is 4. The van der Waals surface area contributed by atoms with Gasteiger partial charge in [0.1, 0.15) is 40.8 Å². The molecule has 266 valence electrons. The van der Waals surface area contributed by atoms with Crippen molar-refractivity contribution in [2.24, 2.45) is 0 Å². The molecule has 0 unspecified atom stereocenters. The molecule has 1 aliphatic rings. The molecule has 0 aromatic heterocycles. The van der Waals surface area contributed by atoms with Gasteiger partial charge in [0.25, 0.3) is 5.91 Å². The largest absolute Gasteiger partial charge is 0.496 e. The summed E-state index contributed by atoms with van der Waals surface area (Å²) >= 11 is 0. The molecule has 0 radical (unpaired) electrons. The topological polar surface area (TPSA) is 107 Å². The quantitative estimate of drug-likeness (QED) is 0.161. The van der Waals surface area contributed by atoms with E-state index in [-0.39, 0.29) is 19.6 Å². The van der Waals surface area contributed by atoms with Crippen LogP contribution in [-0.2, 0) is 27.3 Å². The van der Waals surface area contributed by atoms with E-state index < -0.39 is 59.6 Å². The van der Waals surface area contributed by atoms with Crippen LogP contribution in [0.25, 0.3) is 21.9 Å². The second kappa shape index (κ2) is 15.3. The van der Waals surface area contributed by atoms with Gasteiger partial charge in [-0.1, -0.05) is 36.4 Å². The summed E-state index contributed by atoms with van der Waals surface area (Å²) in [4.78, 5) is 26.3. The van der Waals surface area contributed by atoms with Crippen LogP contribution in [0, 0.1) is 11.6 Å². The maximum atomic E-state index is 15.2. The first kappa shape index (κ1) is 36.3. The van der Waals surface area contributed by atoms with Crippen molar-refractivity contribution in [2.45, 2.75) is 38.2 Å². The Morgan fingerprint density at radius 1 is 1.00 bits per heavy atom. The molecular weight excluding hydrogens is 667 g/mol. The molecule has 50 heavy (non-hydrogen) atoms. The number of hydrogen-bond acceptors (Lipinski definition) is 7. The van der Waals surface area contributed by atoms with Gasteiger partial charge in [-0.05, 0) is 58.7 Å². The Kier molecular flexibility index (Phi) is 11.1. The number of methoxy groups -OCH3 is 2. The number of alkyl halides is 3. The van der Waals surface area contributed by atoms with Crippen LogP contribution in [0.15, 0.2) is 60.7 Å². The third-order valence-corrected chi connectivity index (χ3v) is 8.44. The molecule has 0 bridgehead atoms. The number of aliphatic carboxylic acids is 1. The van der Waals surface area contributed by atoms with Crippen molar-refractivity contribution in [3.8, 4) is 22.6 Å². The van der Waals surface area contributed by atoms with E-state index in [1.54, 1.807) is 24.3 Å². The number of carboxylic acid groups (broad SMARTS) is 1. The average Bonchev–Trinajstić information content (AvgIpc) is 3.09. The van der Waals surface area contributed by atoms with Gasteiger partial charge in [0.05, 0.1) is 39.6 Å². The molecule has 0 saturated carbocycles. The van der Waals surface area contributed by atoms with Gasteiger partial charge in [0, 0.05) is 25.3 Å². The number of rotatable bonds is 12. The number of nitrogens with one attached hydrogen (secondary N) is 1. The fourth-order valence-corrected chi connectivity index (χ4v) is 6.08. The van der Waals surface area contributed by atoms with Crippen molar-refractivity contribution >= 4 is 28.3 Å². The highest BCUT2D eigenvalue weighted by Crippen LogP contribution is 2.43. The number of morpholine rings is 1. The molecule has 1 saturated heterocycles. The monoisotopic (exact) mass is 702 g/mol. The van der Waals surface area contributed by atoms with Gasteiger partial charge < -0.3 is 34.3 Å². The Bertz CT molecular complexity index is 1840. The molecule has 9 nitrogen and oxygen atoms in total. The molecular formula is C36H35F5N2O7. The Balaban J connectivity index is 1.45. The Hall–Kier alpha value is -4.95. The van der Waals surface area contributed by atoms with E-state index in [1.165, 1.54) is 14.2 Å². The molecule has 2 N–H and O–H groups in total. The zero-order chi connectivity index (χ0) is 36.2. The van der Waals surface area contributed by atoms with E-state index in [4.69, 9.17) is 18.9 Å². The van der Waals surface area contributed by atoms with Crippen molar-refractivity contribution < 1.29 is 55.6 Å². The molecule has 2 atom stereocenters. The Morgan fingerprint density at radius 3 is 2.24 bits per heavy atom. The lowest BCUT2D eigenvalue weighted by molar-refractivity contribution is -0.167.